The lowest BCUT2D eigenvalue weighted by molar-refractivity contribution is 0.259. The number of hydrogen-bond donors (Lipinski definition) is 1. The molecule has 0 bridgehead atoms. The lowest BCUT2D eigenvalue weighted by atomic mass is 10.2. The molecular formula is C15H24FNO. The van der Waals surface area contributed by atoms with Crippen LogP contribution in [0.5, 0.6) is 5.75 Å². The predicted octanol–water partition coefficient (Wildman–Crippen LogP) is 3.61. The van der Waals surface area contributed by atoms with E-state index < -0.39 is 0 Å². The van der Waals surface area contributed by atoms with Crippen LogP contribution in [0.2, 0.25) is 0 Å². The SMILES string of the molecule is CC(C)CNCc1ccc(OCC(C)C)c(F)c1. The topological polar surface area (TPSA) is 21.3 Å². The third kappa shape index (κ3) is 5.50. The van der Waals surface area contributed by atoms with E-state index in [-0.39, 0.29) is 5.82 Å². The van der Waals surface area contributed by atoms with E-state index >= 15 is 0 Å². The molecule has 1 N–H and O–H groups in total. The normalized spacial score (nSPS) is 11.3. The van der Waals surface area contributed by atoms with Crippen molar-refractivity contribution in [2.45, 2.75) is 34.2 Å². The zero-order valence-corrected chi connectivity index (χ0v) is 11.8. The van der Waals surface area contributed by atoms with Crippen LogP contribution in [-0.2, 0) is 6.54 Å². The smallest absolute Gasteiger partial charge is 0.165 e. The summed E-state index contributed by atoms with van der Waals surface area (Å²) in [7, 11) is 0. The van der Waals surface area contributed by atoms with Crippen molar-refractivity contribution in [1.82, 2.24) is 5.32 Å². The molecule has 1 aromatic rings. The minimum absolute atomic E-state index is 0.278. The van der Waals surface area contributed by atoms with Crippen LogP contribution in [0.1, 0.15) is 33.3 Å². The Hall–Kier alpha value is -1.09. The highest BCUT2D eigenvalue weighted by Crippen LogP contribution is 2.19. The zero-order valence-electron chi connectivity index (χ0n) is 11.8. The zero-order chi connectivity index (χ0) is 13.5. The minimum Gasteiger partial charge on any atom is -0.490 e. The van der Waals surface area contributed by atoms with Crippen LogP contribution in [0.25, 0.3) is 0 Å². The Balaban J connectivity index is 2.51. The summed E-state index contributed by atoms with van der Waals surface area (Å²) in [6, 6.07) is 5.17. The molecule has 18 heavy (non-hydrogen) atoms. The van der Waals surface area contributed by atoms with Gasteiger partial charge in [0, 0.05) is 6.54 Å². The van der Waals surface area contributed by atoms with Crippen molar-refractivity contribution >= 4 is 0 Å². The van der Waals surface area contributed by atoms with E-state index in [1.165, 1.54) is 0 Å². The van der Waals surface area contributed by atoms with Gasteiger partial charge >= 0.3 is 0 Å². The van der Waals surface area contributed by atoms with Crippen LogP contribution >= 0.6 is 0 Å². The van der Waals surface area contributed by atoms with Gasteiger partial charge in [-0.05, 0) is 36.1 Å². The first-order valence-electron chi connectivity index (χ1n) is 6.61. The number of benzene rings is 1. The molecule has 1 rings (SSSR count). The summed E-state index contributed by atoms with van der Waals surface area (Å²) in [5.74, 6) is 1.07. The summed E-state index contributed by atoms with van der Waals surface area (Å²) in [4.78, 5) is 0. The average molecular weight is 253 g/mol. The van der Waals surface area contributed by atoms with Gasteiger partial charge in [-0.15, -0.1) is 0 Å². The Kier molecular flexibility index (Phi) is 6.13. The summed E-state index contributed by atoms with van der Waals surface area (Å²) in [5.41, 5.74) is 0.949. The number of nitrogens with one attached hydrogen (secondary N) is 1. The summed E-state index contributed by atoms with van der Waals surface area (Å²) < 4.78 is 19.1. The predicted molar refractivity (Wildman–Crippen MR) is 73.3 cm³/mol. The molecule has 0 aliphatic carbocycles. The summed E-state index contributed by atoms with van der Waals surface area (Å²) >= 11 is 0. The third-order valence-corrected chi connectivity index (χ3v) is 2.45. The van der Waals surface area contributed by atoms with Gasteiger partial charge < -0.3 is 10.1 Å². The molecule has 0 atom stereocenters. The average Bonchev–Trinajstić information content (AvgIpc) is 2.27. The van der Waals surface area contributed by atoms with Gasteiger partial charge in [0.05, 0.1) is 6.61 Å². The van der Waals surface area contributed by atoms with Crippen LogP contribution < -0.4 is 10.1 Å². The first kappa shape index (κ1) is 15.0. The minimum atomic E-state index is -0.278. The Bertz CT molecular complexity index is 364. The van der Waals surface area contributed by atoms with E-state index in [0.29, 0.717) is 30.7 Å². The fraction of sp³-hybridized carbons (Fsp3) is 0.600. The van der Waals surface area contributed by atoms with Crippen molar-refractivity contribution in [2.75, 3.05) is 13.2 Å². The first-order chi connectivity index (χ1) is 8.49. The Labute approximate surface area is 110 Å². The van der Waals surface area contributed by atoms with Crippen molar-refractivity contribution in [1.29, 1.82) is 0 Å². The second kappa shape index (κ2) is 7.37. The molecule has 0 unspecified atom stereocenters. The van der Waals surface area contributed by atoms with Crippen molar-refractivity contribution in [3.05, 3.63) is 29.6 Å². The quantitative estimate of drug-likeness (QED) is 0.801. The van der Waals surface area contributed by atoms with Crippen LogP contribution in [0.3, 0.4) is 0 Å². The fourth-order valence-corrected chi connectivity index (χ4v) is 1.53. The van der Waals surface area contributed by atoms with E-state index in [1.54, 1.807) is 12.1 Å². The molecule has 0 heterocycles. The number of halogens is 1. The maximum absolute atomic E-state index is 13.7. The molecule has 0 saturated carbocycles. The van der Waals surface area contributed by atoms with Crippen molar-refractivity contribution in [3.8, 4) is 5.75 Å². The van der Waals surface area contributed by atoms with Gasteiger partial charge in [0.15, 0.2) is 11.6 Å². The van der Waals surface area contributed by atoms with Crippen LogP contribution in [-0.4, -0.2) is 13.2 Å². The van der Waals surface area contributed by atoms with E-state index in [1.807, 2.05) is 19.9 Å². The van der Waals surface area contributed by atoms with Gasteiger partial charge in [-0.3, -0.25) is 0 Å². The van der Waals surface area contributed by atoms with E-state index in [4.69, 9.17) is 4.74 Å². The Morgan fingerprint density at radius 3 is 2.44 bits per heavy atom. The second-order valence-corrected chi connectivity index (χ2v) is 5.49. The molecule has 0 aliphatic heterocycles. The summed E-state index contributed by atoms with van der Waals surface area (Å²) in [6.45, 7) is 10.6. The maximum atomic E-state index is 13.7. The molecular weight excluding hydrogens is 229 g/mol. The summed E-state index contributed by atoms with van der Waals surface area (Å²) in [5, 5.41) is 3.29. The third-order valence-electron chi connectivity index (χ3n) is 2.45. The molecule has 1 aromatic carbocycles. The fourth-order valence-electron chi connectivity index (χ4n) is 1.53. The van der Waals surface area contributed by atoms with Crippen molar-refractivity contribution in [2.24, 2.45) is 11.8 Å². The molecule has 0 saturated heterocycles. The molecule has 0 spiro atoms. The van der Waals surface area contributed by atoms with E-state index in [0.717, 1.165) is 12.1 Å². The van der Waals surface area contributed by atoms with Gasteiger partial charge in [-0.2, -0.15) is 0 Å². The number of rotatable bonds is 7. The van der Waals surface area contributed by atoms with Gasteiger partial charge in [0.25, 0.3) is 0 Å². The van der Waals surface area contributed by atoms with Crippen molar-refractivity contribution < 1.29 is 9.13 Å². The standard InChI is InChI=1S/C15H24FNO/c1-11(2)8-17-9-13-5-6-15(14(16)7-13)18-10-12(3)4/h5-7,11-12,17H,8-10H2,1-4H3. The van der Waals surface area contributed by atoms with E-state index in [9.17, 15) is 4.39 Å². The van der Waals surface area contributed by atoms with Crippen LogP contribution in [0.15, 0.2) is 18.2 Å². The molecule has 3 heteroatoms. The lowest BCUT2D eigenvalue weighted by Crippen LogP contribution is -2.19. The Morgan fingerprint density at radius 1 is 1.17 bits per heavy atom. The second-order valence-electron chi connectivity index (χ2n) is 5.49. The van der Waals surface area contributed by atoms with E-state index in [2.05, 4.69) is 19.2 Å². The van der Waals surface area contributed by atoms with Gasteiger partial charge in [-0.25, -0.2) is 4.39 Å². The monoisotopic (exact) mass is 253 g/mol. The van der Waals surface area contributed by atoms with Gasteiger partial charge in [0.1, 0.15) is 0 Å². The molecule has 0 aromatic heterocycles. The maximum Gasteiger partial charge on any atom is 0.165 e. The van der Waals surface area contributed by atoms with Crippen LogP contribution in [0.4, 0.5) is 4.39 Å². The Morgan fingerprint density at radius 2 is 1.89 bits per heavy atom. The largest absolute Gasteiger partial charge is 0.490 e. The molecule has 0 amide bonds. The molecule has 0 aliphatic rings. The molecule has 0 fully saturated rings. The highest BCUT2D eigenvalue weighted by molar-refractivity contribution is 5.29. The van der Waals surface area contributed by atoms with Gasteiger partial charge in [0.2, 0.25) is 0 Å². The highest BCUT2D eigenvalue weighted by atomic mass is 19.1. The summed E-state index contributed by atoms with van der Waals surface area (Å²) in [6.07, 6.45) is 0. The number of hydrogen-bond acceptors (Lipinski definition) is 2. The highest BCUT2D eigenvalue weighted by Gasteiger charge is 2.06. The first-order valence-corrected chi connectivity index (χ1v) is 6.61. The number of ether oxygens (including phenoxy) is 1. The molecule has 0 radical (unpaired) electrons. The van der Waals surface area contributed by atoms with Crippen LogP contribution in [0, 0.1) is 17.7 Å². The van der Waals surface area contributed by atoms with Gasteiger partial charge in [-0.1, -0.05) is 33.8 Å². The lowest BCUT2D eigenvalue weighted by Gasteiger charge is -2.11. The molecule has 102 valence electrons. The molecule has 2 nitrogen and oxygen atoms in total. The van der Waals surface area contributed by atoms with Crippen molar-refractivity contribution in [3.63, 3.8) is 0 Å².